The highest BCUT2D eigenvalue weighted by atomic mass is 32.1. The van der Waals surface area contributed by atoms with E-state index in [9.17, 15) is 5.11 Å². The first kappa shape index (κ1) is 10.9. The van der Waals surface area contributed by atoms with Gasteiger partial charge in [-0.25, -0.2) is 0 Å². The van der Waals surface area contributed by atoms with Crippen molar-refractivity contribution < 1.29 is 5.11 Å². The maximum Gasteiger partial charge on any atom is 0.0970 e. The number of aromatic nitrogens is 1. The maximum absolute atomic E-state index is 9.83. The Hall–Kier alpha value is -1.59. The van der Waals surface area contributed by atoms with Gasteiger partial charge in [-0.3, -0.25) is 4.98 Å². The fraction of sp³-hybridized carbons (Fsp3) is 0.182. The third-order valence-electron chi connectivity index (χ3n) is 2.19. The molecule has 4 nitrogen and oxygen atoms in total. The predicted octanol–water partition coefficient (Wildman–Crippen LogP) is 1.87. The second-order valence-corrected chi connectivity index (χ2v) is 4.24. The lowest BCUT2D eigenvalue weighted by Gasteiger charge is -2.11. The molecule has 2 aromatic heterocycles. The molecule has 0 amide bonds. The minimum atomic E-state index is -0.507. The van der Waals surface area contributed by atoms with Crippen LogP contribution in [0.1, 0.15) is 11.7 Å². The second-order valence-electron chi connectivity index (χ2n) is 3.46. The molecule has 0 bridgehead atoms. The number of nitrogens with one attached hydrogen (secondary N) is 1. The minimum Gasteiger partial charge on any atom is -0.397 e. The Balaban J connectivity index is 1.92. The van der Waals surface area contributed by atoms with E-state index >= 15 is 0 Å². The van der Waals surface area contributed by atoms with Gasteiger partial charge in [-0.1, -0.05) is 0 Å². The normalized spacial score (nSPS) is 12.3. The van der Waals surface area contributed by atoms with Gasteiger partial charge in [-0.2, -0.15) is 11.3 Å². The molecule has 0 aliphatic heterocycles. The molecule has 0 saturated carbocycles. The molecule has 0 fully saturated rings. The summed E-state index contributed by atoms with van der Waals surface area (Å²) in [5.74, 6) is 0. The van der Waals surface area contributed by atoms with Crippen LogP contribution in [0.15, 0.2) is 35.3 Å². The second kappa shape index (κ2) is 4.96. The highest BCUT2D eigenvalue weighted by Crippen LogP contribution is 2.17. The van der Waals surface area contributed by atoms with Crippen molar-refractivity contribution in [1.82, 2.24) is 4.98 Å². The van der Waals surface area contributed by atoms with E-state index in [1.807, 2.05) is 16.8 Å². The zero-order chi connectivity index (χ0) is 11.4. The molecule has 1 unspecified atom stereocenters. The standard InChI is InChI=1S/C11H13N3OS/c12-9-3-10(5-13-4-9)14-6-11(15)8-1-2-16-7-8/h1-5,7,11,14-15H,6,12H2. The molecular formula is C11H13N3OS. The molecule has 2 heterocycles. The summed E-state index contributed by atoms with van der Waals surface area (Å²) in [6, 6.07) is 3.70. The number of nitrogens with two attached hydrogens (primary N) is 1. The maximum atomic E-state index is 9.83. The van der Waals surface area contributed by atoms with Gasteiger partial charge in [0.25, 0.3) is 0 Å². The molecule has 0 aromatic carbocycles. The van der Waals surface area contributed by atoms with Gasteiger partial charge in [0.15, 0.2) is 0 Å². The Morgan fingerprint density at radius 3 is 3.06 bits per heavy atom. The van der Waals surface area contributed by atoms with Crippen LogP contribution in [0.4, 0.5) is 11.4 Å². The van der Waals surface area contributed by atoms with Crippen molar-refractivity contribution in [3.8, 4) is 0 Å². The largest absolute Gasteiger partial charge is 0.397 e. The van der Waals surface area contributed by atoms with Crippen LogP contribution in [0.25, 0.3) is 0 Å². The first-order valence-corrected chi connectivity index (χ1v) is 5.84. The van der Waals surface area contributed by atoms with Gasteiger partial charge < -0.3 is 16.2 Å². The van der Waals surface area contributed by atoms with E-state index in [-0.39, 0.29) is 0 Å². The molecule has 0 radical (unpaired) electrons. The van der Waals surface area contributed by atoms with E-state index in [2.05, 4.69) is 10.3 Å². The summed E-state index contributed by atoms with van der Waals surface area (Å²) in [4.78, 5) is 3.96. The average molecular weight is 235 g/mol. The van der Waals surface area contributed by atoms with Crippen molar-refractivity contribution in [1.29, 1.82) is 0 Å². The van der Waals surface area contributed by atoms with Crippen LogP contribution in [0, 0.1) is 0 Å². The Bertz CT molecular complexity index is 444. The molecule has 0 aliphatic rings. The molecule has 16 heavy (non-hydrogen) atoms. The first-order chi connectivity index (χ1) is 7.75. The van der Waals surface area contributed by atoms with Crippen molar-refractivity contribution in [2.75, 3.05) is 17.6 Å². The van der Waals surface area contributed by atoms with Gasteiger partial charge in [0.2, 0.25) is 0 Å². The van der Waals surface area contributed by atoms with Crippen LogP contribution >= 0.6 is 11.3 Å². The molecule has 2 aromatic rings. The number of thiophene rings is 1. The van der Waals surface area contributed by atoms with E-state index in [0.29, 0.717) is 12.2 Å². The number of hydrogen-bond donors (Lipinski definition) is 3. The Kier molecular flexibility index (Phi) is 3.38. The van der Waals surface area contributed by atoms with Crippen molar-refractivity contribution in [2.45, 2.75) is 6.10 Å². The third kappa shape index (κ3) is 2.71. The fourth-order valence-electron chi connectivity index (χ4n) is 1.35. The van der Waals surface area contributed by atoms with Gasteiger partial charge in [0.1, 0.15) is 0 Å². The lowest BCUT2D eigenvalue weighted by Crippen LogP contribution is -2.11. The number of nitrogens with zero attached hydrogens (tertiary/aromatic N) is 1. The summed E-state index contributed by atoms with van der Waals surface area (Å²) in [7, 11) is 0. The van der Waals surface area contributed by atoms with E-state index in [1.54, 1.807) is 29.8 Å². The lowest BCUT2D eigenvalue weighted by molar-refractivity contribution is 0.192. The van der Waals surface area contributed by atoms with Crippen LogP contribution in [-0.4, -0.2) is 16.6 Å². The van der Waals surface area contributed by atoms with Crippen molar-refractivity contribution in [3.05, 3.63) is 40.8 Å². The molecule has 0 saturated heterocycles. The molecular weight excluding hydrogens is 222 g/mol. The van der Waals surface area contributed by atoms with Crippen LogP contribution in [0.5, 0.6) is 0 Å². The van der Waals surface area contributed by atoms with Gasteiger partial charge in [0.05, 0.1) is 23.7 Å². The highest BCUT2D eigenvalue weighted by molar-refractivity contribution is 7.07. The van der Waals surface area contributed by atoms with Crippen molar-refractivity contribution >= 4 is 22.7 Å². The highest BCUT2D eigenvalue weighted by Gasteiger charge is 2.07. The van der Waals surface area contributed by atoms with Crippen LogP contribution < -0.4 is 11.1 Å². The topological polar surface area (TPSA) is 71.2 Å². The SMILES string of the molecule is Nc1cncc(NCC(O)c2ccsc2)c1. The lowest BCUT2D eigenvalue weighted by atomic mass is 10.2. The average Bonchev–Trinajstić information content (AvgIpc) is 2.79. The zero-order valence-corrected chi connectivity index (χ0v) is 9.45. The molecule has 0 aliphatic carbocycles. The fourth-order valence-corrected chi connectivity index (χ4v) is 2.06. The number of pyridine rings is 1. The van der Waals surface area contributed by atoms with E-state index in [0.717, 1.165) is 11.3 Å². The summed E-state index contributed by atoms with van der Waals surface area (Å²) in [6.45, 7) is 0.446. The summed E-state index contributed by atoms with van der Waals surface area (Å²) in [5.41, 5.74) is 7.94. The monoisotopic (exact) mass is 235 g/mol. The number of rotatable bonds is 4. The molecule has 2 rings (SSSR count). The van der Waals surface area contributed by atoms with E-state index in [1.165, 1.54) is 0 Å². The number of aliphatic hydroxyl groups is 1. The van der Waals surface area contributed by atoms with Gasteiger partial charge in [0, 0.05) is 12.7 Å². The Morgan fingerprint density at radius 1 is 1.50 bits per heavy atom. The van der Waals surface area contributed by atoms with Crippen molar-refractivity contribution in [3.63, 3.8) is 0 Å². The number of aliphatic hydroxyl groups excluding tert-OH is 1. The summed E-state index contributed by atoms with van der Waals surface area (Å²) in [5, 5.41) is 16.8. The predicted molar refractivity (Wildman–Crippen MR) is 66.4 cm³/mol. The Labute approximate surface area is 97.8 Å². The smallest absolute Gasteiger partial charge is 0.0970 e. The Morgan fingerprint density at radius 2 is 2.38 bits per heavy atom. The summed E-state index contributed by atoms with van der Waals surface area (Å²) < 4.78 is 0. The molecule has 84 valence electrons. The molecule has 1 atom stereocenters. The van der Waals surface area contributed by atoms with Gasteiger partial charge >= 0.3 is 0 Å². The molecule has 4 N–H and O–H groups in total. The molecule has 5 heteroatoms. The number of anilines is 2. The number of nitrogen functional groups attached to an aromatic ring is 1. The zero-order valence-electron chi connectivity index (χ0n) is 8.63. The van der Waals surface area contributed by atoms with Gasteiger partial charge in [-0.05, 0) is 28.5 Å². The van der Waals surface area contributed by atoms with Gasteiger partial charge in [-0.15, -0.1) is 0 Å². The minimum absolute atomic E-state index is 0.446. The van der Waals surface area contributed by atoms with Crippen LogP contribution in [-0.2, 0) is 0 Å². The summed E-state index contributed by atoms with van der Waals surface area (Å²) >= 11 is 1.57. The van der Waals surface area contributed by atoms with Crippen LogP contribution in [0.2, 0.25) is 0 Å². The first-order valence-electron chi connectivity index (χ1n) is 4.90. The van der Waals surface area contributed by atoms with E-state index in [4.69, 9.17) is 5.73 Å². The molecule has 0 spiro atoms. The third-order valence-corrected chi connectivity index (χ3v) is 2.89. The van der Waals surface area contributed by atoms with E-state index < -0.39 is 6.10 Å². The van der Waals surface area contributed by atoms with Crippen molar-refractivity contribution in [2.24, 2.45) is 0 Å². The number of hydrogen-bond acceptors (Lipinski definition) is 5. The quantitative estimate of drug-likeness (QED) is 0.756. The summed E-state index contributed by atoms with van der Waals surface area (Å²) in [6.07, 6.45) is 2.75. The van der Waals surface area contributed by atoms with Crippen LogP contribution in [0.3, 0.4) is 0 Å².